The van der Waals surface area contributed by atoms with Crippen molar-refractivity contribution in [1.82, 2.24) is 4.90 Å². The van der Waals surface area contributed by atoms with Crippen LogP contribution in [0.2, 0.25) is 0 Å². The van der Waals surface area contributed by atoms with E-state index in [1.165, 1.54) is 18.1 Å². The van der Waals surface area contributed by atoms with Gasteiger partial charge < -0.3 is 19.6 Å². The van der Waals surface area contributed by atoms with Crippen molar-refractivity contribution in [1.29, 1.82) is 0 Å². The molecule has 0 spiro atoms. The van der Waals surface area contributed by atoms with E-state index in [1.807, 2.05) is 7.05 Å². The van der Waals surface area contributed by atoms with Gasteiger partial charge in [0.2, 0.25) is 0 Å². The molecule has 2 aromatic carbocycles. The van der Waals surface area contributed by atoms with Crippen molar-refractivity contribution in [2.75, 3.05) is 32.1 Å². The average molecular weight is 448 g/mol. The van der Waals surface area contributed by atoms with Gasteiger partial charge in [0.15, 0.2) is 0 Å². The molecule has 1 saturated heterocycles. The Balaban J connectivity index is 1.81. The summed E-state index contributed by atoms with van der Waals surface area (Å²) in [6, 6.07) is 10.7. The quantitative estimate of drug-likeness (QED) is 0.772. The van der Waals surface area contributed by atoms with Crippen molar-refractivity contribution >= 4 is 11.6 Å². The third-order valence-electron chi connectivity index (χ3n) is 6.68. The van der Waals surface area contributed by atoms with Crippen molar-refractivity contribution in [2.45, 2.75) is 43.5 Å². The number of aliphatic hydroxyl groups is 1. The Hall–Kier alpha value is -2.58. The second-order valence-corrected chi connectivity index (χ2v) is 8.56. The van der Waals surface area contributed by atoms with Crippen LogP contribution in [0.4, 0.5) is 18.9 Å². The second kappa shape index (κ2) is 8.75. The van der Waals surface area contributed by atoms with E-state index in [2.05, 4.69) is 4.90 Å². The minimum Gasteiger partial charge on any atom is -0.497 e. The van der Waals surface area contributed by atoms with E-state index in [-0.39, 0.29) is 30.3 Å². The molecular formula is C24H27F3N2O3. The van der Waals surface area contributed by atoms with Gasteiger partial charge in [0.1, 0.15) is 11.9 Å². The van der Waals surface area contributed by atoms with Crippen LogP contribution in [0.1, 0.15) is 35.4 Å². The van der Waals surface area contributed by atoms with Gasteiger partial charge in [-0.05, 0) is 68.2 Å². The molecule has 8 heteroatoms. The highest BCUT2D eigenvalue weighted by Crippen LogP contribution is 2.42. The van der Waals surface area contributed by atoms with Gasteiger partial charge in [-0.3, -0.25) is 4.79 Å². The van der Waals surface area contributed by atoms with Crippen LogP contribution in [-0.2, 0) is 17.4 Å². The van der Waals surface area contributed by atoms with Gasteiger partial charge in [-0.15, -0.1) is 0 Å². The van der Waals surface area contributed by atoms with Crippen molar-refractivity contribution in [2.24, 2.45) is 0 Å². The van der Waals surface area contributed by atoms with Gasteiger partial charge in [0, 0.05) is 24.2 Å². The number of carbonyl (C=O) groups excluding carboxylic acids is 1. The molecule has 2 heterocycles. The van der Waals surface area contributed by atoms with E-state index in [9.17, 15) is 23.1 Å². The summed E-state index contributed by atoms with van der Waals surface area (Å²) in [5, 5.41) is 11.1. The lowest BCUT2D eigenvalue weighted by molar-refractivity contribution is -0.138. The molecule has 172 valence electrons. The van der Waals surface area contributed by atoms with Gasteiger partial charge in [-0.2, -0.15) is 13.2 Å². The van der Waals surface area contributed by atoms with Crippen molar-refractivity contribution in [3.05, 3.63) is 59.2 Å². The number of amides is 1. The summed E-state index contributed by atoms with van der Waals surface area (Å²) in [6.07, 6.45) is -4.29. The first-order chi connectivity index (χ1) is 15.2. The predicted molar refractivity (Wildman–Crippen MR) is 115 cm³/mol. The summed E-state index contributed by atoms with van der Waals surface area (Å²) in [5.41, 5.74) is 0.112. The fourth-order valence-electron chi connectivity index (χ4n) is 4.85. The number of nitrogens with zero attached hydrogens (tertiary/aromatic N) is 2. The SMILES string of the molecule is COc1ccc(C2Cc3c(cccc3C(F)(F)F)N(CC3CCCN3C)C(=O)C2O)cc1. The number of hydrogen-bond acceptors (Lipinski definition) is 4. The number of anilines is 1. The summed E-state index contributed by atoms with van der Waals surface area (Å²) in [5.74, 6) is -0.781. The third-order valence-corrected chi connectivity index (χ3v) is 6.68. The number of benzene rings is 2. The molecule has 4 rings (SSSR count). The molecule has 0 radical (unpaired) electrons. The summed E-state index contributed by atoms with van der Waals surface area (Å²) in [4.78, 5) is 16.9. The molecule has 2 aromatic rings. The molecule has 3 unspecified atom stereocenters. The fraction of sp³-hybridized carbons (Fsp3) is 0.458. The van der Waals surface area contributed by atoms with Crippen LogP contribution in [0.5, 0.6) is 5.75 Å². The smallest absolute Gasteiger partial charge is 0.416 e. The number of aliphatic hydroxyl groups excluding tert-OH is 1. The molecule has 1 amide bonds. The van der Waals surface area contributed by atoms with E-state index in [4.69, 9.17) is 4.74 Å². The zero-order chi connectivity index (χ0) is 23.0. The molecule has 32 heavy (non-hydrogen) atoms. The Bertz CT molecular complexity index is 977. The standard InChI is InChI=1S/C24H27F3N2O3/c1-28-12-4-5-16(28)14-29-21-7-3-6-20(24(25,26)27)19(21)13-18(22(30)23(29)31)15-8-10-17(32-2)11-9-15/h3,6-11,16,18,22,30H,4-5,12-14H2,1-2H3. The van der Waals surface area contributed by atoms with Crippen molar-refractivity contribution < 1.29 is 27.8 Å². The maximum atomic E-state index is 13.9. The second-order valence-electron chi connectivity index (χ2n) is 8.56. The molecule has 5 nitrogen and oxygen atoms in total. The highest BCUT2D eigenvalue weighted by atomic mass is 19.4. The molecular weight excluding hydrogens is 421 g/mol. The summed E-state index contributed by atoms with van der Waals surface area (Å²) in [7, 11) is 3.46. The van der Waals surface area contributed by atoms with Gasteiger partial charge in [0.25, 0.3) is 5.91 Å². The first kappa shape index (κ1) is 22.6. The van der Waals surface area contributed by atoms with E-state index < -0.39 is 29.7 Å². The highest BCUT2D eigenvalue weighted by Gasteiger charge is 2.42. The molecule has 2 aliphatic rings. The monoisotopic (exact) mass is 448 g/mol. The lowest BCUT2D eigenvalue weighted by Gasteiger charge is -2.31. The Labute approximate surface area is 185 Å². The van der Waals surface area contributed by atoms with Crippen molar-refractivity contribution in [3.63, 3.8) is 0 Å². The number of likely N-dealkylation sites (N-methyl/N-ethyl adjacent to an activating group) is 1. The predicted octanol–water partition coefficient (Wildman–Crippen LogP) is 3.84. The lowest BCUT2D eigenvalue weighted by Crippen LogP contribution is -2.46. The Morgan fingerprint density at radius 1 is 1.16 bits per heavy atom. The number of methoxy groups -OCH3 is 1. The first-order valence-electron chi connectivity index (χ1n) is 10.7. The Kier molecular flexibility index (Phi) is 6.18. The number of likely N-dealkylation sites (tertiary alicyclic amines) is 1. The normalized spacial score (nSPS) is 24.4. The number of ether oxygens (including phenoxy) is 1. The Morgan fingerprint density at radius 2 is 1.88 bits per heavy atom. The number of rotatable bonds is 4. The number of alkyl halides is 3. The first-order valence-corrected chi connectivity index (χ1v) is 10.7. The Morgan fingerprint density at radius 3 is 2.47 bits per heavy atom. The molecule has 0 aliphatic carbocycles. The zero-order valence-corrected chi connectivity index (χ0v) is 18.1. The number of hydrogen-bond donors (Lipinski definition) is 1. The maximum Gasteiger partial charge on any atom is 0.416 e. The topological polar surface area (TPSA) is 53.0 Å². The highest BCUT2D eigenvalue weighted by molar-refractivity contribution is 5.99. The van der Waals surface area contributed by atoms with E-state index >= 15 is 0 Å². The van der Waals surface area contributed by atoms with E-state index in [0.717, 1.165) is 25.5 Å². The van der Waals surface area contributed by atoms with Crippen LogP contribution >= 0.6 is 0 Å². The van der Waals surface area contributed by atoms with Crippen LogP contribution < -0.4 is 9.64 Å². The van der Waals surface area contributed by atoms with Gasteiger partial charge in [-0.25, -0.2) is 0 Å². The molecule has 0 saturated carbocycles. The molecule has 1 fully saturated rings. The van der Waals surface area contributed by atoms with Crippen LogP contribution in [0.25, 0.3) is 0 Å². The number of fused-ring (bicyclic) bond motifs is 1. The summed E-state index contributed by atoms with van der Waals surface area (Å²) < 4.78 is 47.0. The summed E-state index contributed by atoms with van der Waals surface area (Å²) in [6.45, 7) is 1.12. The maximum absolute atomic E-state index is 13.9. The molecule has 0 aromatic heterocycles. The number of halogens is 3. The third kappa shape index (κ3) is 4.21. The average Bonchev–Trinajstić information content (AvgIpc) is 3.14. The minimum absolute atomic E-state index is 0.0334. The van der Waals surface area contributed by atoms with Crippen LogP contribution in [0, 0.1) is 0 Å². The van der Waals surface area contributed by atoms with Crippen LogP contribution in [-0.4, -0.2) is 55.3 Å². The zero-order valence-electron chi connectivity index (χ0n) is 18.1. The summed E-state index contributed by atoms with van der Waals surface area (Å²) >= 11 is 0. The minimum atomic E-state index is -4.57. The molecule has 0 bridgehead atoms. The fourth-order valence-corrected chi connectivity index (χ4v) is 4.85. The largest absolute Gasteiger partial charge is 0.497 e. The lowest BCUT2D eigenvalue weighted by atomic mass is 9.86. The number of carbonyl (C=O) groups is 1. The molecule has 3 atom stereocenters. The van der Waals surface area contributed by atoms with Gasteiger partial charge in [0.05, 0.1) is 12.7 Å². The van der Waals surface area contributed by atoms with E-state index in [1.54, 1.807) is 30.3 Å². The van der Waals surface area contributed by atoms with Gasteiger partial charge in [-0.1, -0.05) is 18.2 Å². The van der Waals surface area contributed by atoms with Crippen LogP contribution in [0.15, 0.2) is 42.5 Å². The van der Waals surface area contributed by atoms with Crippen molar-refractivity contribution in [3.8, 4) is 5.75 Å². The molecule has 2 aliphatic heterocycles. The molecule has 1 N–H and O–H groups in total. The van der Waals surface area contributed by atoms with Gasteiger partial charge >= 0.3 is 6.18 Å². The van der Waals surface area contributed by atoms with E-state index in [0.29, 0.717) is 11.3 Å². The van der Waals surface area contributed by atoms with Crippen LogP contribution in [0.3, 0.4) is 0 Å².